The summed E-state index contributed by atoms with van der Waals surface area (Å²) < 4.78 is 16.5. The van der Waals surface area contributed by atoms with E-state index in [-0.39, 0.29) is 44.0 Å². The fourth-order valence-corrected chi connectivity index (χ4v) is 4.71. The standard InChI is InChI=1S/C45H70O6/c1-4-7-10-13-16-19-21-22-24-26-29-32-35-38-44(47)50-41-42(40-49-43(46)37-34-31-28-25-18-15-12-9-6-3)51-45(48)39-36-33-30-27-23-20-17-14-11-8-5-2/h7-8,10-11,13,16-17,19-22,24-25,27-28,30,42H,4-6,9,12,14-15,18,23,26,29,31-41H2,1-3H3/b10-7-,11-8-,16-13-,20-17-,21-19-,24-22-,28-25-,30-27-. The van der Waals surface area contributed by atoms with Crippen molar-refractivity contribution < 1.29 is 28.6 Å². The minimum Gasteiger partial charge on any atom is -0.462 e. The highest BCUT2D eigenvalue weighted by Crippen LogP contribution is 2.09. The van der Waals surface area contributed by atoms with Crippen molar-refractivity contribution in [1.29, 1.82) is 0 Å². The van der Waals surface area contributed by atoms with Gasteiger partial charge in [-0.1, -0.05) is 144 Å². The lowest BCUT2D eigenvalue weighted by molar-refractivity contribution is -0.167. The van der Waals surface area contributed by atoms with Crippen LogP contribution in [0.4, 0.5) is 0 Å². The molecule has 0 aromatic rings. The zero-order valence-electron chi connectivity index (χ0n) is 32.3. The monoisotopic (exact) mass is 707 g/mol. The molecule has 0 saturated carbocycles. The number of rotatable bonds is 33. The topological polar surface area (TPSA) is 78.9 Å². The number of carbonyl (C=O) groups excluding carboxylic acids is 3. The Bertz CT molecular complexity index is 1090. The van der Waals surface area contributed by atoms with E-state index in [9.17, 15) is 14.4 Å². The third-order valence-electron chi connectivity index (χ3n) is 7.65. The SMILES string of the molecule is CC\C=C/C=C\C=C/C=C\CCCCCC(=O)OCC(COC(=O)CCC/C=C\CCCCCC)OC(=O)CCC/C=C\C/C=C\C/C=C\CC. The molecule has 0 aliphatic heterocycles. The van der Waals surface area contributed by atoms with Gasteiger partial charge in [-0.25, -0.2) is 0 Å². The fraction of sp³-hybridized carbons (Fsp3) is 0.578. The quantitative estimate of drug-likeness (QED) is 0.0222. The number of ether oxygens (including phenoxy) is 3. The lowest BCUT2D eigenvalue weighted by Gasteiger charge is -2.18. The molecule has 0 fully saturated rings. The molecule has 0 heterocycles. The van der Waals surface area contributed by atoms with Crippen molar-refractivity contribution in [3.05, 3.63) is 97.2 Å². The van der Waals surface area contributed by atoms with E-state index in [1.165, 1.54) is 25.7 Å². The number of carbonyl (C=O) groups is 3. The van der Waals surface area contributed by atoms with Crippen molar-refractivity contribution in [2.75, 3.05) is 13.2 Å². The first kappa shape index (κ1) is 47.3. The maximum absolute atomic E-state index is 12.6. The molecule has 0 aliphatic carbocycles. The van der Waals surface area contributed by atoms with Gasteiger partial charge in [0.25, 0.3) is 0 Å². The van der Waals surface area contributed by atoms with Gasteiger partial charge in [0.1, 0.15) is 13.2 Å². The number of unbranched alkanes of at least 4 members (excludes halogenated alkanes) is 9. The molecule has 6 nitrogen and oxygen atoms in total. The molecule has 0 saturated heterocycles. The van der Waals surface area contributed by atoms with Crippen molar-refractivity contribution in [3.63, 3.8) is 0 Å². The zero-order valence-corrected chi connectivity index (χ0v) is 32.3. The first-order valence-electron chi connectivity index (χ1n) is 19.8. The molecule has 51 heavy (non-hydrogen) atoms. The van der Waals surface area contributed by atoms with E-state index in [1.54, 1.807) is 0 Å². The van der Waals surface area contributed by atoms with Crippen LogP contribution in [0.25, 0.3) is 0 Å². The number of allylic oxidation sites excluding steroid dienone is 16. The van der Waals surface area contributed by atoms with Crippen molar-refractivity contribution in [1.82, 2.24) is 0 Å². The summed E-state index contributed by atoms with van der Waals surface area (Å²) in [5, 5.41) is 0. The predicted octanol–water partition coefficient (Wildman–Crippen LogP) is 12.3. The summed E-state index contributed by atoms with van der Waals surface area (Å²) in [5.74, 6) is -1.07. The van der Waals surface area contributed by atoms with Gasteiger partial charge in [-0.15, -0.1) is 0 Å². The Morgan fingerprint density at radius 1 is 0.431 bits per heavy atom. The third kappa shape index (κ3) is 37.4. The van der Waals surface area contributed by atoms with Crippen LogP contribution in [-0.4, -0.2) is 37.2 Å². The van der Waals surface area contributed by atoms with Gasteiger partial charge in [-0.2, -0.15) is 0 Å². The highest BCUT2D eigenvalue weighted by atomic mass is 16.6. The van der Waals surface area contributed by atoms with Crippen molar-refractivity contribution in [3.8, 4) is 0 Å². The zero-order chi connectivity index (χ0) is 37.3. The number of hydrogen-bond donors (Lipinski definition) is 0. The van der Waals surface area contributed by atoms with Crippen LogP contribution in [0.2, 0.25) is 0 Å². The molecule has 1 atom stereocenters. The van der Waals surface area contributed by atoms with Gasteiger partial charge in [-0.05, 0) is 83.5 Å². The second-order valence-corrected chi connectivity index (χ2v) is 12.5. The molecule has 286 valence electrons. The van der Waals surface area contributed by atoms with Crippen molar-refractivity contribution in [2.24, 2.45) is 0 Å². The molecule has 1 unspecified atom stereocenters. The molecule has 0 radical (unpaired) electrons. The maximum Gasteiger partial charge on any atom is 0.306 e. The number of hydrogen-bond acceptors (Lipinski definition) is 6. The van der Waals surface area contributed by atoms with E-state index >= 15 is 0 Å². The molecule has 6 heteroatoms. The summed E-state index contributed by atoms with van der Waals surface area (Å²) in [5.41, 5.74) is 0. The predicted molar refractivity (Wildman–Crippen MR) is 214 cm³/mol. The van der Waals surface area contributed by atoms with Crippen LogP contribution in [0.3, 0.4) is 0 Å². The lowest BCUT2D eigenvalue weighted by Crippen LogP contribution is -2.30. The normalized spacial score (nSPS) is 13.1. The van der Waals surface area contributed by atoms with Crippen LogP contribution in [0.15, 0.2) is 97.2 Å². The van der Waals surface area contributed by atoms with E-state index in [2.05, 4.69) is 81.5 Å². The summed E-state index contributed by atoms with van der Waals surface area (Å²) in [6, 6.07) is 0. The number of esters is 3. The Labute approximate surface area is 311 Å². The molecule has 0 bridgehead atoms. The van der Waals surface area contributed by atoms with Gasteiger partial charge >= 0.3 is 17.9 Å². The summed E-state index contributed by atoms with van der Waals surface area (Å²) in [4.78, 5) is 37.4. The fourth-order valence-electron chi connectivity index (χ4n) is 4.71. The average Bonchev–Trinajstić information content (AvgIpc) is 3.12. The largest absolute Gasteiger partial charge is 0.462 e. The van der Waals surface area contributed by atoms with E-state index in [0.717, 1.165) is 70.6 Å². The van der Waals surface area contributed by atoms with E-state index in [4.69, 9.17) is 14.2 Å². The molecular formula is C45H70O6. The highest BCUT2D eigenvalue weighted by molar-refractivity contribution is 5.71. The van der Waals surface area contributed by atoms with Crippen molar-refractivity contribution >= 4 is 17.9 Å². The Morgan fingerprint density at radius 3 is 1.49 bits per heavy atom. The first-order chi connectivity index (χ1) is 25.0. The van der Waals surface area contributed by atoms with Crippen LogP contribution >= 0.6 is 0 Å². The third-order valence-corrected chi connectivity index (χ3v) is 7.65. The van der Waals surface area contributed by atoms with Crippen LogP contribution in [0.1, 0.15) is 149 Å². The summed E-state index contributed by atoms with van der Waals surface area (Å²) >= 11 is 0. The minimum absolute atomic E-state index is 0.128. The second-order valence-electron chi connectivity index (χ2n) is 12.5. The van der Waals surface area contributed by atoms with Gasteiger partial charge in [0.2, 0.25) is 0 Å². The van der Waals surface area contributed by atoms with Gasteiger partial charge in [0.05, 0.1) is 0 Å². The van der Waals surface area contributed by atoms with E-state index in [0.29, 0.717) is 19.3 Å². The Balaban J connectivity index is 4.58. The van der Waals surface area contributed by atoms with Crippen LogP contribution in [-0.2, 0) is 28.6 Å². The van der Waals surface area contributed by atoms with E-state index in [1.807, 2.05) is 36.5 Å². The maximum atomic E-state index is 12.6. The summed E-state index contributed by atoms with van der Waals surface area (Å²) in [6.07, 6.45) is 49.8. The minimum atomic E-state index is -0.827. The molecule has 0 amide bonds. The Kier molecular flexibility index (Phi) is 36.3. The Hall–Kier alpha value is -3.67. The van der Waals surface area contributed by atoms with Gasteiger partial charge in [-0.3, -0.25) is 14.4 Å². The van der Waals surface area contributed by atoms with Crippen LogP contribution < -0.4 is 0 Å². The van der Waals surface area contributed by atoms with Crippen LogP contribution in [0.5, 0.6) is 0 Å². The van der Waals surface area contributed by atoms with Gasteiger partial charge in [0, 0.05) is 19.3 Å². The van der Waals surface area contributed by atoms with Gasteiger partial charge in [0.15, 0.2) is 6.10 Å². The molecule has 0 spiro atoms. The molecule has 0 aromatic heterocycles. The Morgan fingerprint density at radius 2 is 0.882 bits per heavy atom. The molecule has 0 aromatic carbocycles. The smallest absolute Gasteiger partial charge is 0.306 e. The molecule has 0 aliphatic rings. The molecule has 0 N–H and O–H groups in total. The average molecular weight is 707 g/mol. The highest BCUT2D eigenvalue weighted by Gasteiger charge is 2.19. The van der Waals surface area contributed by atoms with Crippen LogP contribution in [0, 0.1) is 0 Å². The first-order valence-corrected chi connectivity index (χ1v) is 19.8. The van der Waals surface area contributed by atoms with Crippen molar-refractivity contribution in [2.45, 2.75) is 155 Å². The van der Waals surface area contributed by atoms with Gasteiger partial charge < -0.3 is 14.2 Å². The lowest BCUT2D eigenvalue weighted by atomic mass is 10.1. The van der Waals surface area contributed by atoms with E-state index < -0.39 is 6.10 Å². The second kappa shape index (κ2) is 39.1. The molecule has 0 rings (SSSR count). The molecular weight excluding hydrogens is 636 g/mol. The summed E-state index contributed by atoms with van der Waals surface area (Å²) in [7, 11) is 0. The summed E-state index contributed by atoms with van der Waals surface area (Å²) in [6.45, 7) is 6.18.